The van der Waals surface area contributed by atoms with E-state index in [-0.39, 0.29) is 12.0 Å². The van der Waals surface area contributed by atoms with Gasteiger partial charge in [0.2, 0.25) is 0 Å². The number of aromatic nitrogens is 2. The van der Waals surface area contributed by atoms with E-state index in [1.54, 1.807) is 23.9 Å². The molecular weight excluding hydrogens is 522 g/mol. The zero-order chi connectivity index (χ0) is 22.6. The summed E-state index contributed by atoms with van der Waals surface area (Å²) in [6.07, 6.45) is -0.0367. The van der Waals surface area contributed by atoms with Gasteiger partial charge in [-0.05, 0) is 54.6 Å². The predicted octanol–water partition coefficient (Wildman–Crippen LogP) is 6.15. The lowest BCUT2D eigenvalue weighted by atomic mass is 10.2. The summed E-state index contributed by atoms with van der Waals surface area (Å²) in [6.45, 7) is 0.517. The van der Waals surface area contributed by atoms with Gasteiger partial charge in [0.15, 0.2) is 15.8 Å². The number of carbonyl (C=O) groups is 1. The van der Waals surface area contributed by atoms with Crippen molar-refractivity contribution in [2.45, 2.75) is 10.4 Å². The van der Waals surface area contributed by atoms with Crippen LogP contribution in [-0.4, -0.2) is 34.6 Å². The highest BCUT2D eigenvalue weighted by molar-refractivity contribution is 9.10. The lowest BCUT2D eigenvalue weighted by Gasteiger charge is -2.25. The molecule has 9 heteroatoms. The second-order valence-corrected chi connectivity index (χ2v) is 10.4. The van der Waals surface area contributed by atoms with Gasteiger partial charge in [-0.2, -0.15) is 0 Å². The highest BCUT2D eigenvalue weighted by Crippen LogP contribution is 2.34. The Morgan fingerprint density at radius 1 is 1.06 bits per heavy atom. The minimum atomic E-state index is -0.157. The van der Waals surface area contributed by atoms with Crippen LogP contribution in [0.2, 0.25) is 0 Å². The van der Waals surface area contributed by atoms with Crippen LogP contribution in [0.25, 0.3) is 10.6 Å². The van der Waals surface area contributed by atoms with E-state index in [9.17, 15) is 4.79 Å². The van der Waals surface area contributed by atoms with Crippen molar-refractivity contribution in [2.75, 3.05) is 17.7 Å². The molecule has 0 saturated carbocycles. The molecule has 0 spiro atoms. The molecule has 1 aliphatic rings. The van der Waals surface area contributed by atoms with E-state index in [4.69, 9.17) is 9.47 Å². The summed E-state index contributed by atoms with van der Waals surface area (Å²) in [5, 5.41) is 12.4. The van der Waals surface area contributed by atoms with Gasteiger partial charge >= 0.3 is 0 Å². The molecule has 1 aliphatic heterocycles. The zero-order valence-corrected chi connectivity index (χ0v) is 20.5. The third-order valence-electron chi connectivity index (χ3n) is 4.84. The summed E-state index contributed by atoms with van der Waals surface area (Å²) in [5.41, 5.74) is 2.26. The summed E-state index contributed by atoms with van der Waals surface area (Å²) in [6, 6.07) is 22.6. The first-order valence-corrected chi connectivity index (χ1v) is 12.8. The molecule has 1 N–H and O–H groups in total. The summed E-state index contributed by atoms with van der Waals surface area (Å²) in [7, 11) is 0. The largest absolute Gasteiger partial charge is 0.486 e. The second-order valence-electron chi connectivity index (χ2n) is 7.22. The number of amides is 1. The first-order chi connectivity index (χ1) is 16.1. The Morgan fingerprint density at radius 2 is 1.88 bits per heavy atom. The van der Waals surface area contributed by atoms with Crippen LogP contribution in [0.15, 0.2) is 81.6 Å². The molecule has 0 bridgehead atoms. The summed E-state index contributed by atoms with van der Waals surface area (Å²) in [4.78, 5) is 12.4. The second kappa shape index (κ2) is 9.94. The maximum Gasteiger partial charge on any atom is 0.255 e. The first-order valence-electron chi connectivity index (χ1n) is 10.2. The number of benzene rings is 3. The van der Waals surface area contributed by atoms with Gasteiger partial charge in [0, 0.05) is 27.0 Å². The SMILES string of the molecule is O=C(Nc1ccc(-c2nnc(SCC3COc4ccccc4O3)s2)cc1)c1cccc(Br)c1. The van der Waals surface area contributed by atoms with Crippen molar-refractivity contribution in [2.24, 2.45) is 0 Å². The van der Waals surface area contributed by atoms with E-state index in [1.807, 2.05) is 60.7 Å². The zero-order valence-electron chi connectivity index (χ0n) is 17.2. The van der Waals surface area contributed by atoms with Crippen LogP contribution in [0.5, 0.6) is 11.5 Å². The topological polar surface area (TPSA) is 73.3 Å². The van der Waals surface area contributed by atoms with E-state index >= 15 is 0 Å². The molecule has 1 amide bonds. The molecule has 1 aromatic heterocycles. The van der Waals surface area contributed by atoms with E-state index in [0.29, 0.717) is 12.2 Å². The van der Waals surface area contributed by atoms with E-state index in [1.165, 1.54) is 11.3 Å². The van der Waals surface area contributed by atoms with Gasteiger partial charge in [0.05, 0.1) is 0 Å². The van der Waals surface area contributed by atoms with Crippen molar-refractivity contribution < 1.29 is 14.3 Å². The van der Waals surface area contributed by atoms with Gasteiger partial charge in [-0.25, -0.2) is 0 Å². The Bertz CT molecular complexity index is 1280. The van der Waals surface area contributed by atoms with Crippen LogP contribution in [0.3, 0.4) is 0 Å². The monoisotopic (exact) mass is 539 g/mol. The molecule has 5 rings (SSSR count). The molecule has 0 aliphatic carbocycles. The van der Waals surface area contributed by atoms with Crippen LogP contribution >= 0.6 is 39.0 Å². The fourth-order valence-corrected chi connectivity index (χ4v) is 5.47. The molecule has 166 valence electrons. The van der Waals surface area contributed by atoms with Gasteiger partial charge in [0.1, 0.15) is 17.7 Å². The standard InChI is InChI=1S/C24H18BrN3O3S2/c25-17-5-3-4-16(12-17)22(29)26-18-10-8-15(9-11-18)23-27-28-24(33-23)32-14-19-13-30-20-6-1-2-7-21(20)31-19/h1-12,19H,13-14H2,(H,26,29). The van der Waals surface area contributed by atoms with Crippen LogP contribution in [0.1, 0.15) is 10.4 Å². The molecule has 0 saturated heterocycles. The van der Waals surface area contributed by atoms with Crippen molar-refractivity contribution in [3.05, 3.63) is 82.8 Å². The quantitative estimate of drug-likeness (QED) is 0.296. The number of hydrogen-bond acceptors (Lipinski definition) is 7. The van der Waals surface area contributed by atoms with Gasteiger partial charge < -0.3 is 14.8 Å². The average Bonchev–Trinajstić information content (AvgIpc) is 3.32. The highest BCUT2D eigenvalue weighted by atomic mass is 79.9. The lowest BCUT2D eigenvalue weighted by molar-refractivity contribution is 0.102. The molecule has 2 heterocycles. The Balaban J connectivity index is 1.17. The number of thioether (sulfide) groups is 1. The van der Waals surface area contributed by atoms with Crippen LogP contribution in [0.4, 0.5) is 5.69 Å². The molecule has 6 nitrogen and oxygen atoms in total. The van der Waals surface area contributed by atoms with Crippen LogP contribution in [-0.2, 0) is 0 Å². The van der Waals surface area contributed by atoms with Gasteiger partial charge in [-0.15, -0.1) is 10.2 Å². The lowest BCUT2D eigenvalue weighted by Crippen LogP contribution is -2.31. The third-order valence-corrected chi connectivity index (χ3v) is 7.57. The number of hydrogen-bond donors (Lipinski definition) is 1. The number of nitrogens with one attached hydrogen (secondary N) is 1. The van der Waals surface area contributed by atoms with Crippen molar-refractivity contribution in [3.8, 4) is 22.1 Å². The van der Waals surface area contributed by atoms with Crippen LogP contribution < -0.4 is 14.8 Å². The number of halogens is 1. The maximum atomic E-state index is 12.4. The smallest absolute Gasteiger partial charge is 0.255 e. The summed E-state index contributed by atoms with van der Waals surface area (Å²) >= 11 is 6.52. The fourth-order valence-electron chi connectivity index (χ4n) is 3.22. The minimum absolute atomic E-state index is 0.0367. The Labute approximate surface area is 207 Å². The summed E-state index contributed by atoms with van der Waals surface area (Å²) < 4.78 is 13.5. The third kappa shape index (κ3) is 5.38. The highest BCUT2D eigenvalue weighted by Gasteiger charge is 2.21. The van der Waals surface area contributed by atoms with Gasteiger partial charge in [-0.3, -0.25) is 4.79 Å². The molecule has 33 heavy (non-hydrogen) atoms. The van der Waals surface area contributed by atoms with E-state index in [2.05, 4.69) is 31.4 Å². The number of ether oxygens (including phenoxy) is 2. The minimum Gasteiger partial charge on any atom is -0.486 e. The van der Waals surface area contributed by atoms with Crippen molar-refractivity contribution in [1.82, 2.24) is 10.2 Å². The van der Waals surface area contributed by atoms with Gasteiger partial charge in [-0.1, -0.05) is 57.2 Å². The van der Waals surface area contributed by atoms with Crippen LogP contribution in [0, 0.1) is 0 Å². The molecule has 1 atom stereocenters. The number of carbonyl (C=O) groups excluding carboxylic acids is 1. The van der Waals surface area contributed by atoms with Crippen molar-refractivity contribution in [3.63, 3.8) is 0 Å². The fraction of sp³-hybridized carbons (Fsp3) is 0.125. The number of rotatable bonds is 6. The molecule has 0 fully saturated rings. The number of fused-ring (bicyclic) bond motifs is 1. The van der Waals surface area contributed by atoms with E-state index < -0.39 is 0 Å². The number of nitrogens with zero attached hydrogens (tertiary/aromatic N) is 2. The number of para-hydroxylation sites is 2. The summed E-state index contributed by atoms with van der Waals surface area (Å²) in [5.74, 6) is 2.13. The van der Waals surface area contributed by atoms with Crippen molar-refractivity contribution in [1.29, 1.82) is 0 Å². The maximum absolute atomic E-state index is 12.4. The molecule has 1 unspecified atom stereocenters. The molecule has 4 aromatic rings. The normalized spacial score (nSPS) is 14.6. The predicted molar refractivity (Wildman–Crippen MR) is 135 cm³/mol. The van der Waals surface area contributed by atoms with Crippen molar-refractivity contribution >= 4 is 50.6 Å². The first kappa shape index (κ1) is 21.9. The molecule has 0 radical (unpaired) electrons. The van der Waals surface area contributed by atoms with E-state index in [0.717, 1.165) is 42.3 Å². The number of anilines is 1. The average molecular weight is 540 g/mol. The van der Waals surface area contributed by atoms with Gasteiger partial charge in [0.25, 0.3) is 5.91 Å². The molecule has 3 aromatic carbocycles. The Hall–Kier alpha value is -2.88. The molecular formula is C24H18BrN3O3S2. The Morgan fingerprint density at radius 3 is 2.70 bits per heavy atom. The Kier molecular flexibility index (Phi) is 6.61.